The number of rotatable bonds is 5. The summed E-state index contributed by atoms with van der Waals surface area (Å²) in [5.41, 5.74) is 2.08. The van der Waals surface area contributed by atoms with E-state index in [9.17, 15) is 4.79 Å². The zero-order chi connectivity index (χ0) is 13.8. The first-order valence-corrected chi connectivity index (χ1v) is 8.33. The fraction of sp³-hybridized carbons (Fsp3) is 0.267. The highest BCUT2D eigenvalue weighted by Gasteiger charge is 2.11. The number of carbonyl (C=O) groups is 1. The van der Waals surface area contributed by atoms with Crippen molar-refractivity contribution in [2.45, 2.75) is 19.6 Å². The molecule has 0 aliphatic heterocycles. The van der Waals surface area contributed by atoms with Gasteiger partial charge in [-0.05, 0) is 37.6 Å². The number of ketones is 1. The normalized spacial score (nSPS) is 10.7. The van der Waals surface area contributed by atoms with Gasteiger partial charge in [-0.15, -0.1) is 23.1 Å². The molecule has 0 aliphatic carbocycles. The molecule has 0 aliphatic rings. The number of aryl methyl sites for hydroxylation is 2. The topological polar surface area (TPSA) is 17.1 Å². The van der Waals surface area contributed by atoms with Crippen LogP contribution in [0.15, 0.2) is 30.3 Å². The van der Waals surface area contributed by atoms with Gasteiger partial charge in [0.2, 0.25) is 0 Å². The first-order chi connectivity index (χ1) is 9.06. The summed E-state index contributed by atoms with van der Waals surface area (Å²) in [7, 11) is 0. The highest BCUT2D eigenvalue weighted by Crippen LogP contribution is 2.23. The van der Waals surface area contributed by atoms with E-state index in [0.29, 0.717) is 5.75 Å². The largest absolute Gasteiger partial charge is 0.293 e. The van der Waals surface area contributed by atoms with Crippen LogP contribution >= 0.6 is 34.7 Å². The number of thioether (sulfide) groups is 1. The molecule has 0 bridgehead atoms. The third-order valence-electron chi connectivity index (χ3n) is 2.76. The first-order valence-electron chi connectivity index (χ1n) is 5.98. The van der Waals surface area contributed by atoms with E-state index in [1.807, 2.05) is 44.2 Å². The molecule has 0 unspecified atom stereocenters. The van der Waals surface area contributed by atoms with E-state index < -0.39 is 0 Å². The molecular formula is C15H15ClOS2. The Kier molecular flexibility index (Phi) is 5.08. The lowest BCUT2D eigenvalue weighted by molar-refractivity contribution is 0.102. The summed E-state index contributed by atoms with van der Waals surface area (Å²) in [6, 6.07) is 9.75. The maximum atomic E-state index is 12.1. The fourth-order valence-corrected chi connectivity index (χ4v) is 3.77. The van der Waals surface area contributed by atoms with E-state index in [1.54, 1.807) is 23.1 Å². The quantitative estimate of drug-likeness (QED) is 0.712. The molecule has 100 valence electrons. The highest BCUT2D eigenvalue weighted by atomic mass is 35.5. The molecule has 0 fully saturated rings. The van der Waals surface area contributed by atoms with Crippen molar-refractivity contribution in [1.82, 2.24) is 0 Å². The Balaban J connectivity index is 1.87. The van der Waals surface area contributed by atoms with Crippen molar-refractivity contribution in [2.75, 3.05) is 5.75 Å². The van der Waals surface area contributed by atoms with Gasteiger partial charge in [-0.3, -0.25) is 4.79 Å². The van der Waals surface area contributed by atoms with Crippen LogP contribution < -0.4 is 0 Å². The summed E-state index contributed by atoms with van der Waals surface area (Å²) in [6.07, 6.45) is 0. The number of hydrogen-bond acceptors (Lipinski definition) is 3. The van der Waals surface area contributed by atoms with Gasteiger partial charge in [-0.25, -0.2) is 0 Å². The van der Waals surface area contributed by atoms with E-state index in [4.69, 9.17) is 11.6 Å². The lowest BCUT2D eigenvalue weighted by Crippen LogP contribution is -2.02. The van der Waals surface area contributed by atoms with Gasteiger partial charge in [0.05, 0.1) is 5.75 Å². The third-order valence-corrected chi connectivity index (χ3v) is 4.98. The molecule has 1 aromatic heterocycles. The van der Waals surface area contributed by atoms with Crippen LogP contribution in [0.1, 0.15) is 25.7 Å². The molecule has 0 amide bonds. The standard InChI is InChI=1S/C15H15ClOS2/c1-10-7-14(11(2)19-10)15(17)9-18-8-12-3-5-13(16)6-4-12/h3-7H,8-9H2,1-2H3. The van der Waals surface area contributed by atoms with Gasteiger partial charge in [0.25, 0.3) is 0 Å². The number of Topliss-reactive ketones (excluding diaryl/α,β-unsaturated/α-hetero) is 1. The number of carbonyl (C=O) groups excluding carboxylic acids is 1. The van der Waals surface area contributed by atoms with E-state index in [2.05, 4.69) is 0 Å². The minimum absolute atomic E-state index is 0.223. The van der Waals surface area contributed by atoms with Crippen molar-refractivity contribution < 1.29 is 4.79 Å². The Morgan fingerprint density at radius 1 is 1.26 bits per heavy atom. The Morgan fingerprint density at radius 3 is 2.53 bits per heavy atom. The molecule has 0 saturated heterocycles. The van der Waals surface area contributed by atoms with Gasteiger partial charge in [-0.2, -0.15) is 0 Å². The molecule has 2 rings (SSSR count). The van der Waals surface area contributed by atoms with Crippen LogP contribution in [-0.4, -0.2) is 11.5 Å². The van der Waals surface area contributed by atoms with Crippen molar-refractivity contribution >= 4 is 40.5 Å². The van der Waals surface area contributed by atoms with Crippen molar-refractivity contribution in [3.8, 4) is 0 Å². The average molecular weight is 311 g/mol. The van der Waals surface area contributed by atoms with E-state index in [-0.39, 0.29) is 5.78 Å². The van der Waals surface area contributed by atoms with Crippen LogP contribution in [0, 0.1) is 13.8 Å². The Hall–Kier alpha value is -0.770. The molecule has 0 spiro atoms. The second-order valence-electron chi connectivity index (χ2n) is 4.37. The molecule has 2 aromatic rings. The molecule has 19 heavy (non-hydrogen) atoms. The molecule has 0 saturated carbocycles. The zero-order valence-corrected chi connectivity index (χ0v) is 13.3. The molecule has 1 aromatic carbocycles. The van der Waals surface area contributed by atoms with E-state index >= 15 is 0 Å². The lowest BCUT2D eigenvalue weighted by atomic mass is 10.2. The lowest BCUT2D eigenvalue weighted by Gasteiger charge is -2.02. The van der Waals surface area contributed by atoms with Gasteiger partial charge >= 0.3 is 0 Å². The summed E-state index contributed by atoms with van der Waals surface area (Å²) in [5, 5.41) is 0.745. The van der Waals surface area contributed by atoms with Gasteiger partial charge in [0.15, 0.2) is 5.78 Å². The maximum absolute atomic E-state index is 12.1. The number of hydrogen-bond donors (Lipinski definition) is 0. The maximum Gasteiger partial charge on any atom is 0.173 e. The van der Waals surface area contributed by atoms with Crippen LogP contribution in [0.4, 0.5) is 0 Å². The molecule has 0 radical (unpaired) electrons. The second-order valence-corrected chi connectivity index (χ2v) is 7.25. The van der Waals surface area contributed by atoms with Crippen LogP contribution in [0.5, 0.6) is 0 Å². The minimum atomic E-state index is 0.223. The monoisotopic (exact) mass is 310 g/mol. The zero-order valence-electron chi connectivity index (χ0n) is 10.9. The number of halogens is 1. The van der Waals surface area contributed by atoms with Crippen LogP contribution in [0.2, 0.25) is 5.02 Å². The Bertz CT molecular complexity index is 572. The third kappa shape index (κ3) is 4.10. The van der Waals surface area contributed by atoms with Crippen LogP contribution in [-0.2, 0) is 5.75 Å². The van der Waals surface area contributed by atoms with Gasteiger partial charge in [0.1, 0.15) is 0 Å². The first kappa shape index (κ1) is 14.6. The van der Waals surface area contributed by atoms with Crippen LogP contribution in [0.3, 0.4) is 0 Å². The van der Waals surface area contributed by atoms with E-state index in [1.165, 1.54) is 10.4 Å². The predicted molar refractivity (Wildman–Crippen MR) is 85.7 cm³/mol. The summed E-state index contributed by atoms with van der Waals surface area (Å²) < 4.78 is 0. The summed E-state index contributed by atoms with van der Waals surface area (Å²) in [4.78, 5) is 14.4. The van der Waals surface area contributed by atoms with E-state index in [0.717, 1.165) is 21.2 Å². The molecule has 4 heteroatoms. The minimum Gasteiger partial charge on any atom is -0.293 e. The smallest absolute Gasteiger partial charge is 0.173 e. The van der Waals surface area contributed by atoms with Gasteiger partial charge < -0.3 is 0 Å². The summed E-state index contributed by atoms with van der Waals surface area (Å²) in [5.74, 6) is 1.59. The van der Waals surface area contributed by atoms with Crippen molar-refractivity contribution in [1.29, 1.82) is 0 Å². The SMILES string of the molecule is Cc1cc(C(=O)CSCc2ccc(Cl)cc2)c(C)s1. The number of thiophene rings is 1. The Labute approximate surface area is 127 Å². The van der Waals surface area contributed by atoms with Gasteiger partial charge in [0, 0.05) is 26.1 Å². The highest BCUT2D eigenvalue weighted by molar-refractivity contribution is 7.99. The molecule has 0 N–H and O–H groups in total. The average Bonchev–Trinajstić information content (AvgIpc) is 2.71. The summed E-state index contributed by atoms with van der Waals surface area (Å²) in [6.45, 7) is 4.05. The molecular weight excluding hydrogens is 296 g/mol. The second kappa shape index (κ2) is 6.60. The van der Waals surface area contributed by atoms with Gasteiger partial charge in [-0.1, -0.05) is 23.7 Å². The van der Waals surface area contributed by atoms with Crippen molar-refractivity contribution in [3.63, 3.8) is 0 Å². The molecule has 1 heterocycles. The number of benzene rings is 1. The molecule has 0 atom stereocenters. The predicted octanol–water partition coefficient (Wildman–Crippen LogP) is 5.13. The Morgan fingerprint density at radius 2 is 1.95 bits per heavy atom. The summed E-state index contributed by atoms with van der Waals surface area (Å²) >= 11 is 9.17. The fourth-order valence-electron chi connectivity index (χ4n) is 1.83. The molecule has 1 nitrogen and oxygen atoms in total. The van der Waals surface area contributed by atoms with Crippen molar-refractivity contribution in [2.24, 2.45) is 0 Å². The van der Waals surface area contributed by atoms with Crippen molar-refractivity contribution in [3.05, 3.63) is 56.2 Å². The van der Waals surface area contributed by atoms with Crippen LogP contribution in [0.25, 0.3) is 0 Å².